The molecule has 0 unspecified atom stereocenters. The van der Waals surface area contributed by atoms with Crippen LogP contribution in [0.2, 0.25) is 0 Å². The number of hydrogen-bond acceptors (Lipinski definition) is 6. The van der Waals surface area contributed by atoms with Crippen LogP contribution in [0.5, 0.6) is 0 Å². The number of hydrogen-bond donors (Lipinski definition) is 3. The third kappa shape index (κ3) is 7.25. The number of rotatable bonds is 8. The molecule has 0 saturated carbocycles. The van der Waals surface area contributed by atoms with Crippen LogP contribution in [0.3, 0.4) is 0 Å². The van der Waals surface area contributed by atoms with Gasteiger partial charge in [-0.3, -0.25) is 14.4 Å². The second kappa shape index (κ2) is 9.97. The molecule has 11 heteroatoms. The molecule has 1 aliphatic rings. The number of alkyl halides is 1. The first kappa shape index (κ1) is 19.1. The van der Waals surface area contributed by atoms with Crippen molar-refractivity contribution >= 4 is 52.3 Å². The van der Waals surface area contributed by atoms with Gasteiger partial charge in [0.25, 0.3) is 11.8 Å². The predicted molar refractivity (Wildman–Crippen MR) is 85.1 cm³/mol. The zero-order valence-corrected chi connectivity index (χ0v) is 14.4. The van der Waals surface area contributed by atoms with E-state index in [9.17, 15) is 24.0 Å². The maximum Gasteiger partial charge on any atom is 0.352 e. The monoisotopic (exact) mass is 440 g/mol. The second-order valence-corrected chi connectivity index (χ2v) is 5.25. The SMILES string of the molecule is O=C(CI)NCCCNC(=O)NCC(=O)ON1C(=O)CCC1=O. The molecule has 5 amide bonds. The summed E-state index contributed by atoms with van der Waals surface area (Å²) in [4.78, 5) is 60.8. The van der Waals surface area contributed by atoms with Crippen LogP contribution < -0.4 is 16.0 Å². The number of nitrogens with zero attached hydrogens (tertiary/aromatic N) is 1. The van der Waals surface area contributed by atoms with Gasteiger partial charge in [0, 0.05) is 25.9 Å². The van der Waals surface area contributed by atoms with E-state index in [1.807, 2.05) is 22.6 Å². The number of carbonyl (C=O) groups excluding carboxylic acids is 5. The van der Waals surface area contributed by atoms with Crippen LogP contribution in [-0.2, 0) is 24.0 Å². The van der Waals surface area contributed by atoms with E-state index in [2.05, 4.69) is 20.8 Å². The second-order valence-electron chi connectivity index (χ2n) is 4.49. The van der Waals surface area contributed by atoms with Crippen molar-refractivity contribution in [1.29, 1.82) is 0 Å². The van der Waals surface area contributed by atoms with E-state index in [0.29, 0.717) is 29.0 Å². The van der Waals surface area contributed by atoms with Gasteiger partial charge in [-0.25, -0.2) is 9.59 Å². The Hall–Kier alpha value is -1.92. The summed E-state index contributed by atoms with van der Waals surface area (Å²) in [5, 5.41) is 7.77. The van der Waals surface area contributed by atoms with Crippen LogP contribution in [0.25, 0.3) is 0 Å². The van der Waals surface area contributed by atoms with E-state index in [-0.39, 0.29) is 18.7 Å². The molecule has 1 saturated heterocycles. The summed E-state index contributed by atoms with van der Waals surface area (Å²) >= 11 is 1.94. The number of imide groups is 1. The smallest absolute Gasteiger partial charge is 0.352 e. The minimum Gasteiger partial charge on any atom is -0.355 e. The molecule has 0 atom stereocenters. The highest BCUT2D eigenvalue weighted by Crippen LogP contribution is 2.11. The fourth-order valence-electron chi connectivity index (χ4n) is 1.57. The van der Waals surface area contributed by atoms with Crippen molar-refractivity contribution in [3.05, 3.63) is 0 Å². The zero-order valence-electron chi connectivity index (χ0n) is 12.2. The summed E-state index contributed by atoms with van der Waals surface area (Å²) in [6.07, 6.45) is 0.555. The molecule has 0 spiro atoms. The van der Waals surface area contributed by atoms with Crippen LogP contribution in [0.4, 0.5) is 4.79 Å². The molecule has 1 aliphatic heterocycles. The molecule has 1 rings (SSSR count). The molecule has 3 N–H and O–H groups in total. The average Bonchev–Trinajstić information content (AvgIpc) is 2.84. The van der Waals surface area contributed by atoms with Gasteiger partial charge in [0.2, 0.25) is 5.91 Å². The fraction of sp³-hybridized carbons (Fsp3) is 0.583. The fourth-order valence-corrected chi connectivity index (χ4v) is 1.84. The van der Waals surface area contributed by atoms with Gasteiger partial charge >= 0.3 is 12.0 Å². The molecule has 1 heterocycles. The zero-order chi connectivity index (χ0) is 17.2. The Labute approximate surface area is 145 Å². The van der Waals surface area contributed by atoms with E-state index in [1.54, 1.807) is 0 Å². The van der Waals surface area contributed by atoms with Crippen molar-refractivity contribution in [1.82, 2.24) is 21.0 Å². The lowest BCUT2D eigenvalue weighted by atomic mass is 10.4. The average molecular weight is 440 g/mol. The maximum atomic E-state index is 11.4. The topological polar surface area (TPSA) is 134 Å². The highest BCUT2D eigenvalue weighted by atomic mass is 127. The molecule has 0 bridgehead atoms. The van der Waals surface area contributed by atoms with E-state index in [4.69, 9.17) is 0 Å². The Morgan fingerprint density at radius 1 is 1.04 bits per heavy atom. The summed E-state index contributed by atoms with van der Waals surface area (Å²) in [5.41, 5.74) is 0. The Morgan fingerprint density at radius 3 is 2.26 bits per heavy atom. The van der Waals surface area contributed by atoms with Gasteiger partial charge in [-0.2, -0.15) is 0 Å². The van der Waals surface area contributed by atoms with E-state index in [0.717, 1.165) is 0 Å². The highest BCUT2D eigenvalue weighted by molar-refractivity contribution is 14.1. The molecule has 0 aromatic rings. The van der Waals surface area contributed by atoms with E-state index >= 15 is 0 Å². The number of hydroxylamine groups is 2. The number of amides is 5. The first-order chi connectivity index (χ1) is 10.9. The summed E-state index contributed by atoms with van der Waals surface area (Å²) < 4.78 is 0.371. The summed E-state index contributed by atoms with van der Waals surface area (Å²) in [6, 6.07) is -0.596. The molecule has 1 fully saturated rings. The molecular formula is C12H17IN4O6. The Morgan fingerprint density at radius 2 is 1.65 bits per heavy atom. The minimum atomic E-state index is -0.918. The largest absolute Gasteiger partial charge is 0.355 e. The standard InChI is InChI=1S/C12H17IN4O6/c13-6-8(18)14-4-1-5-15-12(22)16-7-11(21)23-17-9(19)2-3-10(17)20/h1-7H2,(H,14,18)(H2,15,16,22). The normalized spacial score (nSPS) is 13.7. The Bertz CT molecular complexity index is 482. The van der Waals surface area contributed by atoms with Crippen molar-refractivity contribution in [2.75, 3.05) is 24.1 Å². The molecule has 0 aromatic heterocycles. The van der Waals surface area contributed by atoms with Crippen molar-refractivity contribution in [2.45, 2.75) is 19.3 Å². The Balaban J connectivity index is 2.11. The van der Waals surface area contributed by atoms with E-state index in [1.165, 1.54) is 0 Å². The molecule has 0 radical (unpaired) electrons. The van der Waals surface area contributed by atoms with Crippen LogP contribution in [0.15, 0.2) is 0 Å². The van der Waals surface area contributed by atoms with Gasteiger partial charge in [0.1, 0.15) is 6.54 Å². The third-order valence-electron chi connectivity index (χ3n) is 2.67. The minimum absolute atomic E-state index is 0.00806. The van der Waals surface area contributed by atoms with Gasteiger partial charge < -0.3 is 20.8 Å². The maximum absolute atomic E-state index is 11.4. The van der Waals surface area contributed by atoms with Crippen molar-refractivity contribution < 1.29 is 28.8 Å². The van der Waals surface area contributed by atoms with Crippen molar-refractivity contribution in [3.8, 4) is 0 Å². The van der Waals surface area contributed by atoms with Crippen molar-refractivity contribution in [2.24, 2.45) is 0 Å². The van der Waals surface area contributed by atoms with Crippen LogP contribution >= 0.6 is 22.6 Å². The lowest BCUT2D eigenvalue weighted by Crippen LogP contribution is -2.42. The quantitative estimate of drug-likeness (QED) is 0.189. The van der Waals surface area contributed by atoms with Gasteiger partial charge in [0.15, 0.2) is 0 Å². The van der Waals surface area contributed by atoms with Crippen molar-refractivity contribution in [3.63, 3.8) is 0 Å². The molecule has 0 aromatic carbocycles. The molecule has 10 nitrogen and oxygen atoms in total. The summed E-state index contributed by atoms with van der Waals surface area (Å²) in [6.45, 7) is 0.267. The van der Waals surface area contributed by atoms with Gasteiger partial charge in [0.05, 0.1) is 4.43 Å². The Kier molecular flexibility index (Phi) is 8.29. The first-order valence-electron chi connectivity index (χ1n) is 6.85. The first-order valence-corrected chi connectivity index (χ1v) is 8.37. The predicted octanol–water partition coefficient (Wildman–Crippen LogP) is -1.17. The number of urea groups is 1. The van der Waals surface area contributed by atoms with Crippen LogP contribution in [0.1, 0.15) is 19.3 Å². The van der Waals surface area contributed by atoms with Gasteiger partial charge in [-0.1, -0.05) is 22.6 Å². The number of carbonyl (C=O) groups is 5. The lowest BCUT2D eigenvalue weighted by molar-refractivity contribution is -0.196. The van der Waals surface area contributed by atoms with Gasteiger partial charge in [-0.05, 0) is 6.42 Å². The summed E-state index contributed by atoms with van der Waals surface area (Å²) in [7, 11) is 0. The molecule has 23 heavy (non-hydrogen) atoms. The van der Waals surface area contributed by atoms with E-state index < -0.39 is 30.4 Å². The van der Waals surface area contributed by atoms with Gasteiger partial charge in [-0.15, -0.1) is 5.06 Å². The third-order valence-corrected chi connectivity index (χ3v) is 3.37. The lowest BCUT2D eigenvalue weighted by Gasteiger charge is -2.13. The molecular weight excluding hydrogens is 423 g/mol. The molecule has 128 valence electrons. The van der Waals surface area contributed by atoms with Crippen LogP contribution in [0, 0.1) is 0 Å². The van der Waals surface area contributed by atoms with Crippen LogP contribution in [-0.4, -0.2) is 58.8 Å². The summed E-state index contributed by atoms with van der Waals surface area (Å²) in [5.74, 6) is -2.16. The number of nitrogens with one attached hydrogen (secondary N) is 3. The molecule has 0 aliphatic carbocycles. The number of halogens is 1. The highest BCUT2D eigenvalue weighted by Gasteiger charge is 2.32.